The maximum atomic E-state index is 13.2. The van der Waals surface area contributed by atoms with Crippen LogP contribution in [0.5, 0.6) is 0 Å². The van der Waals surface area contributed by atoms with E-state index in [0.29, 0.717) is 11.8 Å². The first-order valence-corrected chi connectivity index (χ1v) is 8.15. The highest BCUT2D eigenvalue weighted by atomic mass is 79.9. The molecule has 0 aromatic heterocycles. The van der Waals surface area contributed by atoms with E-state index in [-0.39, 0.29) is 11.4 Å². The van der Waals surface area contributed by atoms with Gasteiger partial charge >= 0.3 is 0 Å². The van der Waals surface area contributed by atoms with E-state index in [1.165, 1.54) is 12.0 Å². The van der Waals surface area contributed by atoms with Crippen molar-refractivity contribution >= 4 is 15.9 Å². The third kappa shape index (κ3) is 6.85. The lowest BCUT2D eigenvalue weighted by Gasteiger charge is -2.26. The van der Waals surface area contributed by atoms with E-state index in [4.69, 9.17) is 0 Å². The summed E-state index contributed by atoms with van der Waals surface area (Å²) in [5.74, 6) is 1.05. The van der Waals surface area contributed by atoms with Gasteiger partial charge in [-0.25, -0.2) is 4.39 Å². The molecule has 0 amide bonds. The van der Waals surface area contributed by atoms with Crippen LogP contribution in [0.2, 0.25) is 0 Å². The van der Waals surface area contributed by atoms with Crippen molar-refractivity contribution in [3.05, 3.63) is 34.1 Å². The summed E-state index contributed by atoms with van der Waals surface area (Å²) < 4.78 is 14.0. The van der Waals surface area contributed by atoms with Gasteiger partial charge in [-0.2, -0.15) is 0 Å². The largest absolute Gasteiger partial charge is 0.312 e. The molecule has 3 heteroatoms. The number of hydrogen-bond acceptors (Lipinski definition) is 1. The van der Waals surface area contributed by atoms with Crippen molar-refractivity contribution in [2.45, 2.75) is 53.0 Å². The zero-order chi connectivity index (χ0) is 15.3. The molecule has 0 heterocycles. The summed E-state index contributed by atoms with van der Waals surface area (Å²) in [4.78, 5) is 0. The molecule has 1 N–H and O–H groups in total. The predicted octanol–water partition coefficient (Wildman–Crippen LogP) is 5.18. The molecular formula is C17H27BrFN. The Morgan fingerprint density at radius 3 is 2.40 bits per heavy atom. The van der Waals surface area contributed by atoms with Crippen molar-refractivity contribution in [3.63, 3.8) is 0 Å². The molecule has 0 fully saturated rings. The van der Waals surface area contributed by atoms with E-state index in [1.54, 1.807) is 12.1 Å². The Bertz CT molecular complexity index is 423. The van der Waals surface area contributed by atoms with Crippen LogP contribution in [-0.2, 0) is 6.42 Å². The molecule has 0 aliphatic heterocycles. The highest BCUT2D eigenvalue weighted by molar-refractivity contribution is 9.10. The second-order valence-electron chi connectivity index (χ2n) is 7.07. The van der Waals surface area contributed by atoms with Gasteiger partial charge in [0.2, 0.25) is 0 Å². The number of halogens is 2. The minimum Gasteiger partial charge on any atom is -0.312 e. The summed E-state index contributed by atoms with van der Waals surface area (Å²) in [6, 6.07) is 4.99. The van der Waals surface area contributed by atoms with Crippen LogP contribution in [0.3, 0.4) is 0 Å². The lowest BCUT2D eigenvalue weighted by atomic mass is 9.90. The second-order valence-corrected chi connectivity index (χ2v) is 7.92. The molecule has 0 aliphatic carbocycles. The molecule has 1 aromatic rings. The van der Waals surface area contributed by atoms with E-state index in [2.05, 4.69) is 55.9 Å². The Balaban J connectivity index is 2.73. The molecule has 1 unspecified atom stereocenters. The fraction of sp³-hybridized carbons (Fsp3) is 0.647. The van der Waals surface area contributed by atoms with E-state index in [1.807, 2.05) is 6.07 Å². The molecule has 0 aliphatic rings. The van der Waals surface area contributed by atoms with E-state index in [9.17, 15) is 4.39 Å². The highest BCUT2D eigenvalue weighted by Gasteiger charge is 2.17. The summed E-state index contributed by atoms with van der Waals surface area (Å²) in [7, 11) is 0. The molecule has 0 radical (unpaired) electrons. The van der Waals surface area contributed by atoms with Gasteiger partial charge < -0.3 is 5.32 Å². The van der Waals surface area contributed by atoms with Crippen LogP contribution in [0.1, 0.15) is 46.6 Å². The minimum absolute atomic E-state index is 0.134. The highest BCUT2D eigenvalue weighted by Crippen LogP contribution is 2.24. The van der Waals surface area contributed by atoms with Crippen LogP contribution < -0.4 is 5.32 Å². The van der Waals surface area contributed by atoms with Gasteiger partial charge in [0, 0.05) is 10.0 Å². The average Bonchev–Trinajstić information content (AvgIpc) is 2.28. The first-order chi connectivity index (χ1) is 9.17. The maximum Gasteiger partial charge on any atom is 0.124 e. The fourth-order valence-electron chi connectivity index (χ4n) is 2.35. The Hall–Kier alpha value is -0.410. The van der Waals surface area contributed by atoms with Crippen LogP contribution in [0.15, 0.2) is 22.7 Å². The molecule has 1 rings (SSSR count). The summed E-state index contributed by atoms with van der Waals surface area (Å²) >= 11 is 3.47. The van der Waals surface area contributed by atoms with Crippen LogP contribution in [0.4, 0.5) is 4.39 Å². The van der Waals surface area contributed by atoms with E-state index in [0.717, 1.165) is 17.4 Å². The number of hydrogen-bond donors (Lipinski definition) is 1. The molecule has 0 saturated carbocycles. The normalized spacial score (nSPS) is 13.8. The average molecular weight is 344 g/mol. The van der Waals surface area contributed by atoms with Gasteiger partial charge in [0.1, 0.15) is 5.82 Å². The van der Waals surface area contributed by atoms with Crippen LogP contribution in [-0.4, -0.2) is 12.1 Å². The molecule has 0 spiro atoms. The number of nitrogens with one attached hydrogen (secondary N) is 1. The molecule has 114 valence electrons. The fourth-order valence-corrected chi connectivity index (χ4v) is 2.87. The Labute approximate surface area is 131 Å². The summed E-state index contributed by atoms with van der Waals surface area (Å²) in [6.07, 6.45) is 2.15. The second kappa shape index (κ2) is 7.56. The first kappa shape index (κ1) is 17.6. The van der Waals surface area contributed by atoms with Crippen LogP contribution in [0.25, 0.3) is 0 Å². The molecule has 0 saturated heterocycles. The lowest BCUT2D eigenvalue weighted by molar-refractivity contribution is 0.331. The standard InChI is InChI=1S/C17H27BrFN/c1-12(2)8-13(11-20-17(3,4)5)9-14-6-7-15(19)10-16(14)18/h6-7,10,12-13,20H,8-9,11H2,1-5H3. The summed E-state index contributed by atoms with van der Waals surface area (Å²) in [5.41, 5.74) is 1.32. The summed E-state index contributed by atoms with van der Waals surface area (Å²) in [5, 5.41) is 3.59. The zero-order valence-electron chi connectivity index (χ0n) is 13.3. The third-order valence-corrected chi connectivity index (χ3v) is 3.99. The van der Waals surface area contributed by atoms with Gasteiger partial charge in [0.15, 0.2) is 0 Å². The molecule has 1 nitrogen and oxygen atoms in total. The van der Waals surface area contributed by atoms with Gasteiger partial charge in [-0.3, -0.25) is 0 Å². The van der Waals surface area contributed by atoms with Gasteiger partial charge in [-0.15, -0.1) is 0 Å². The van der Waals surface area contributed by atoms with Crippen molar-refractivity contribution in [2.75, 3.05) is 6.54 Å². The molecule has 1 aromatic carbocycles. The maximum absolute atomic E-state index is 13.2. The van der Waals surface area contributed by atoms with Gasteiger partial charge in [0.05, 0.1) is 0 Å². The van der Waals surface area contributed by atoms with Crippen LogP contribution >= 0.6 is 15.9 Å². The topological polar surface area (TPSA) is 12.0 Å². The van der Waals surface area contributed by atoms with Gasteiger partial charge in [0.25, 0.3) is 0 Å². The Morgan fingerprint density at radius 2 is 1.90 bits per heavy atom. The van der Waals surface area contributed by atoms with Crippen molar-refractivity contribution in [2.24, 2.45) is 11.8 Å². The Morgan fingerprint density at radius 1 is 1.25 bits per heavy atom. The van der Waals surface area contributed by atoms with Gasteiger partial charge in [-0.05, 0) is 69.7 Å². The van der Waals surface area contributed by atoms with Crippen molar-refractivity contribution in [1.29, 1.82) is 0 Å². The number of benzene rings is 1. The van der Waals surface area contributed by atoms with Crippen LogP contribution in [0, 0.1) is 17.7 Å². The smallest absolute Gasteiger partial charge is 0.124 e. The SMILES string of the molecule is CC(C)CC(CNC(C)(C)C)Cc1ccc(F)cc1Br. The molecular weight excluding hydrogens is 317 g/mol. The molecule has 1 atom stereocenters. The predicted molar refractivity (Wildman–Crippen MR) is 88.5 cm³/mol. The van der Waals surface area contributed by atoms with Crippen molar-refractivity contribution in [3.8, 4) is 0 Å². The quantitative estimate of drug-likeness (QED) is 0.750. The minimum atomic E-state index is -0.186. The first-order valence-electron chi connectivity index (χ1n) is 7.36. The molecule has 0 bridgehead atoms. The third-order valence-electron chi connectivity index (χ3n) is 3.25. The van der Waals surface area contributed by atoms with Crippen molar-refractivity contribution < 1.29 is 4.39 Å². The molecule has 20 heavy (non-hydrogen) atoms. The summed E-state index contributed by atoms with van der Waals surface area (Å²) in [6.45, 7) is 12.1. The van der Waals surface area contributed by atoms with E-state index < -0.39 is 0 Å². The number of rotatable bonds is 6. The van der Waals surface area contributed by atoms with Gasteiger partial charge in [-0.1, -0.05) is 35.8 Å². The Kier molecular flexibility index (Phi) is 6.67. The van der Waals surface area contributed by atoms with Crippen molar-refractivity contribution in [1.82, 2.24) is 5.32 Å². The monoisotopic (exact) mass is 343 g/mol. The lowest BCUT2D eigenvalue weighted by Crippen LogP contribution is -2.39. The van der Waals surface area contributed by atoms with E-state index >= 15 is 0 Å². The zero-order valence-corrected chi connectivity index (χ0v) is 14.8.